The van der Waals surface area contributed by atoms with Crippen LogP contribution in [0.4, 0.5) is 3.89 Å². The first-order valence-electron chi connectivity index (χ1n) is 4.18. The minimum Gasteiger partial charge on any atom is -0.346 e. The fourth-order valence-electron chi connectivity index (χ4n) is 1.44. The van der Waals surface area contributed by atoms with Gasteiger partial charge in [-0.05, 0) is 0 Å². The molecule has 78 valence electrons. The quantitative estimate of drug-likeness (QED) is 0.648. The molecule has 13 heavy (non-hydrogen) atoms. The molecule has 0 unspecified atom stereocenters. The van der Waals surface area contributed by atoms with E-state index < -0.39 is 21.8 Å². The van der Waals surface area contributed by atoms with Crippen molar-refractivity contribution in [2.24, 2.45) is 0 Å². The van der Waals surface area contributed by atoms with Gasteiger partial charge >= 0.3 is 10.2 Å². The van der Waals surface area contributed by atoms with Gasteiger partial charge in [0.2, 0.25) is 0 Å². The Kier molecular flexibility index (Phi) is 3.26. The van der Waals surface area contributed by atoms with Crippen molar-refractivity contribution < 1.29 is 21.8 Å². The fourth-order valence-corrected chi connectivity index (χ4v) is 2.28. The molecule has 4 nitrogen and oxygen atoms in total. The Morgan fingerprint density at radius 1 is 1.38 bits per heavy atom. The van der Waals surface area contributed by atoms with E-state index in [-0.39, 0.29) is 0 Å². The molecule has 0 aromatic heterocycles. The van der Waals surface area contributed by atoms with E-state index in [1.54, 1.807) is 0 Å². The SMILES string of the molecule is CCCC1(CS(=O)(=O)F)OCCO1. The van der Waals surface area contributed by atoms with Crippen LogP contribution in [0.25, 0.3) is 0 Å². The third kappa shape index (κ3) is 3.21. The first kappa shape index (κ1) is 10.9. The second kappa shape index (κ2) is 3.89. The maximum atomic E-state index is 12.4. The molecule has 0 atom stereocenters. The van der Waals surface area contributed by atoms with Crippen LogP contribution in [0.2, 0.25) is 0 Å². The molecule has 6 heteroatoms. The lowest BCUT2D eigenvalue weighted by atomic mass is 10.2. The zero-order chi connectivity index (χ0) is 9.95. The summed E-state index contributed by atoms with van der Waals surface area (Å²) in [4.78, 5) is 0. The van der Waals surface area contributed by atoms with Crippen molar-refractivity contribution in [3.05, 3.63) is 0 Å². The number of ether oxygens (including phenoxy) is 2. The first-order valence-corrected chi connectivity index (χ1v) is 5.73. The summed E-state index contributed by atoms with van der Waals surface area (Å²) in [5.74, 6) is -1.93. The second-order valence-electron chi connectivity index (χ2n) is 3.04. The third-order valence-electron chi connectivity index (χ3n) is 1.84. The average Bonchev–Trinajstić information content (AvgIpc) is 2.33. The second-order valence-corrected chi connectivity index (χ2v) is 4.41. The molecule has 1 heterocycles. The lowest BCUT2D eigenvalue weighted by Crippen LogP contribution is -2.37. The van der Waals surface area contributed by atoms with Gasteiger partial charge in [0.05, 0.1) is 13.2 Å². The van der Waals surface area contributed by atoms with E-state index in [4.69, 9.17) is 9.47 Å². The van der Waals surface area contributed by atoms with Gasteiger partial charge in [0, 0.05) is 6.42 Å². The minimum absolute atomic E-state index is 0.329. The average molecular weight is 212 g/mol. The summed E-state index contributed by atoms with van der Waals surface area (Å²) < 4.78 is 43.5. The Bertz CT molecular complexity index is 256. The molecule has 1 saturated heterocycles. The summed E-state index contributed by atoms with van der Waals surface area (Å²) in [5, 5.41) is 0. The molecule has 0 spiro atoms. The van der Waals surface area contributed by atoms with E-state index in [1.807, 2.05) is 6.92 Å². The lowest BCUT2D eigenvalue weighted by Gasteiger charge is -2.24. The zero-order valence-corrected chi connectivity index (χ0v) is 8.27. The van der Waals surface area contributed by atoms with Crippen molar-refractivity contribution in [1.82, 2.24) is 0 Å². The highest BCUT2D eigenvalue weighted by Crippen LogP contribution is 2.27. The van der Waals surface area contributed by atoms with Crippen molar-refractivity contribution in [3.63, 3.8) is 0 Å². The molecule has 0 saturated carbocycles. The topological polar surface area (TPSA) is 52.6 Å². The Morgan fingerprint density at radius 2 is 1.92 bits per heavy atom. The van der Waals surface area contributed by atoms with Gasteiger partial charge in [-0.2, -0.15) is 8.42 Å². The number of hydrogen-bond donors (Lipinski definition) is 0. The van der Waals surface area contributed by atoms with Gasteiger partial charge in [-0.25, -0.2) is 0 Å². The number of hydrogen-bond acceptors (Lipinski definition) is 4. The Balaban J connectivity index is 2.67. The summed E-state index contributed by atoms with van der Waals surface area (Å²) in [6.45, 7) is 2.52. The normalized spacial score (nSPS) is 22.0. The number of halogens is 1. The highest BCUT2D eigenvalue weighted by molar-refractivity contribution is 7.86. The Labute approximate surface area is 77.2 Å². The standard InChI is InChI=1S/C7H13FO4S/c1-2-3-7(6-13(8,9)10)11-4-5-12-7/h2-6H2,1H3. The van der Waals surface area contributed by atoms with Crippen molar-refractivity contribution >= 4 is 10.2 Å². The summed E-state index contributed by atoms with van der Waals surface area (Å²) in [6, 6.07) is 0. The van der Waals surface area contributed by atoms with Gasteiger partial charge in [0.1, 0.15) is 5.75 Å². The molecule has 1 aliphatic heterocycles. The maximum absolute atomic E-state index is 12.4. The van der Waals surface area contributed by atoms with Crippen LogP contribution in [0.3, 0.4) is 0 Å². The van der Waals surface area contributed by atoms with E-state index in [2.05, 4.69) is 0 Å². The van der Waals surface area contributed by atoms with Gasteiger partial charge < -0.3 is 9.47 Å². The lowest BCUT2D eigenvalue weighted by molar-refractivity contribution is -0.143. The number of rotatable bonds is 4. The van der Waals surface area contributed by atoms with E-state index in [0.717, 1.165) is 0 Å². The molecule has 0 aromatic carbocycles. The molecule has 0 radical (unpaired) electrons. The smallest absolute Gasteiger partial charge is 0.307 e. The van der Waals surface area contributed by atoms with E-state index in [0.29, 0.717) is 26.1 Å². The van der Waals surface area contributed by atoms with Crippen LogP contribution in [-0.4, -0.2) is 33.2 Å². The van der Waals surface area contributed by atoms with Crippen LogP contribution in [0, 0.1) is 0 Å². The molecule has 1 rings (SSSR count). The van der Waals surface area contributed by atoms with Gasteiger partial charge in [-0.1, -0.05) is 13.3 Å². The molecular weight excluding hydrogens is 199 g/mol. The van der Waals surface area contributed by atoms with Crippen molar-refractivity contribution in [3.8, 4) is 0 Å². The highest BCUT2D eigenvalue weighted by Gasteiger charge is 2.40. The fraction of sp³-hybridized carbons (Fsp3) is 1.00. The van der Waals surface area contributed by atoms with Crippen LogP contribution in [0.5, 0.6) is 0 Å². The van der Waals surface area contributed by atoms with Crippen LogP contribution in [-0.2, 0) is 19.7 Å². The zero-order valence-electron chi connectivity index (χ0n) is 7.45. The highest BCUT2D eigenvalue weighted by atomic mass is 32.3. The summed E-state index contributed by atoms with van der Waals surface area (Å²) in [5.41, 5.74) is 0. The third-order valence-corrected chi connectivity index (χ3v) is 2.62. The molecule has 0 aromatic rings. The monoisotopic (exact) mass is 212 g/mol. The van der Waals surface area contributed by atoms with Gasteiger partial charge in [0.25, 0.3) is 0 Å². The molecule has 0 aliphatic carbocycles. The molecule has 0 bridgehead atoms. The van der Waals surface area contributed by atoms with E-state index in [1.165, 1.54) is 0 Å². The van der Waals surface area contributed by atoms with Crippen molar-refractivity contribution in [1.29, 1.82) is 0 Å². The summed E-state index contributed by atoms with van der Waals surface area (Å²) >= 11 is 0. The first-order chi connectivity index (χ1) is 5.97. The van der Waals surface area contributed by atoms with E-state index >= 15 is 0 Å². The predicted octanol–water partition coefficient (Wildman–Crippen LogP) is 0.829. The minimum atomic E-state index is -4.54. The van der Waals surface area contributed by atoms with Crippen molar-refractivity contribution in [2.45, 2.75) is 25.6 Å². The van der Waals surface area contributed by atoms with Crippen molar-refractivity contribution in [2.75, 3.05) is 19.0 Å². The molecule has 0 N–H and O–H groups in total. The van der Waals surface area contributed by atoms with Gasteiger partial charge in [-0.3, -0.25) is 0 Å². The Hall–Kier alpha value is -0.200. The van der Waals surface area contributed by atoms with Crippen LogP contribution >= 0.6 is 0 Å². The van der Waals surface area contributed by atoms with Crippen LogP contribution in [0.1, 0.15) is 19.8 Å². The van der Waals surface area contributed by atoms with Gasteiger partial charge in [0.15, 0.2) is 5.79 Å². The molecule has 0 amide bonds. The maximum Gasteiger partial charge on any atom is 0.307 e. The summed E-state index contributed by atoms with van der Waals surface area (Å²) in [6.07, 6.45) is 1.09. The van der Waals surface area contributed by atoms with Gasteiger partial charge in [-0.15, -0.1) is 3.89 Å². The molecule has 1 aliphatic rings. The van der Waals surface area contributed by atoms with Crippen LogP contribution < -0.4 is 0 Å². The van der Waals surface area contributed by atoms with Crippen LogP contribution in [0.15, 0.2) is 0 Å². The van der Waals surface area contributed by atoms with E-state index in [9.17, 15) is 12.3 Å². The predicted molar refractivity (Wildman–Crippen MR) is 44.4 cm³/mol. The molecule has 1 fully saturated rings. The molecular formula is C7H13FO4S. The largest absolute Gasteiger partial charge is 0.346 e. The Morgan fingerprint density at radius 3 is 2.31 bits per heavy atom. The summed E-state index contributed by atoms with van der Waals surface area (Å²) in [7, 11) is -4.54.